The van der Waals surface area contributed by atoms with Crippen molar-refractivity contribution in [1.82, 2.24) is 5.16 Å². The third kappa shape index (κ3) is 2.93. The number of aromatic nitrogens is 1. The number of carbonyl (C=O) groups is 1. The number of alkyl halides is 3. The molecule has 2 rings (SSSR count). The number of halogens is 4. The molecule has 0 spiro atoms. The molecule has 0 atom stereocenters. The zero-order valence-electron chi connectivity index (χ0n) is 10.1. The van der Waals surface area contributed by atoms with E-state index >= 15 is 0 Å². The summed E-state index contributed by atoms with van der Waals surface area (Å²) in [5.74, 6) is -0.526. The molecular weight excluding hydrogens is 297 g/mol. The first-order valence-electron chi connectivity index (χ1n) is 5.38. The Kier molecular flexibility index (Phi) is 3.71. The molecule has 1 heterocycles. The summed E-state index contributed by atoms with van der Waals surface area (Å²) in [6, 6.07) is 3.09. The number of nitrogens with one attached hydrogen (secondary N) is 1. The summed E-state index contributed by atoms with van der Waals surface area (Å²) in [6.07, 6.45) is -3.49. The van der Waals surface area contributed by atoms with Crippen LogP contribution in [-0.2, 0) is 6.18 Å². The monoisotopic (exact) mass is 304 g/mol. The van der Waals surface area contributed by atoms with Crippen LogP contribution < -0.4 is 5.32 Å². The molecule has 0 unspecified atom stereocenters. The molecule has 0 saturated heterocycles. The molecule has 8 heteroatoms. The molecule has 0 saturated carbocycles. The minimum atomic E-state index is -4.63. The molecule has 0 radical (unpaired) electrons. The van der Waals surface area contributed by atoms with Crippen LogP contribution in [0.1, 0.15) is 21.7 Å². The number of rotatable bonds is 2. The number of hydrogen-bond acceptors (Lipinski definition) is 3. The lowest BCUT2D eigenvalue weighted by Crippen LogP contribution is -2.16. The summed E-state index contributed by atoms with van der Waals surface area (Å²) in [5, 5.41) is 5.49. The largest absolute Gasteiger partial charge is 0.418 e. The maximum atomic E-state index is 12.9. The summed E-state index contributed by atoms with van der Waals surface area (Å²) in [5.41, 5.74) is -1.34. The Morgan fingerprint density at radius 2 is 2.10 bits per heavy atom. The molecule has 1 aromatic heterocycles. The standard InChI is InChI=1S/C12H8ClF3N2O2/c1-6-8(5-17-20-6)11(19)18-10-3-2-7(13)4-9(10)12(14,15)16/h2-5H,1H3,(H,18,19). The molecular formula is C12H8ClF3N2O2. The van der Waals surface area contributed by atoms with Crippen LogP contribution in [0.3, 0.4) is 0 Å². The number of anilines is 1. The highest BCUT2D eigenvalue weighted by Gasteiger charge is 2.34. The van der Waals surface area contributed by atoms with Crippen molar-refractivity contribution >= 4 is 23.2 Å². The highest BCUT2D eigenvalue weighted by molar-refractivity contribution is 6.30. The lowest BCUT2D eigenvalue weighted by molar-refractivity contribution is -0.136. The third-order valence-electron chi connectivity index (χ3n) is 2.53. The van der Waals surface area contributed by atoms with Gasteiger partial charge in [-0.25, -0.2) is 0 Å². The second-order valence-corrected chi connectivity index (χ2v) is 4.37. The van der Waals surface area contributed by atoms with E-state index in [1.165, 1.54) is 13.0 Å². The number of carbonyl (C=O) groups excluding carboxylic acids is 1. The zero-order valence-corrected chi connectivity index (χ0v) is 10.8. The summed E-state index contributed by atoms with van der Waals surface area (Å²) >= 11 is 5.55. The van der Waals surface area contributed by atoms with Gasteiger partial charge in [-0.2, -0.15) is 13.2 Å². The topological polar surface area (TPSA) is 55.1 Å². The number of benzene rings is 1. The first kappa shape index (κ1) is 14.4. The maximum Gasteiger partial charge on any atom is 0.418 e. The van der Waals surface area contributed by atoms with E-state index in [1.807, 2.05) is 0 Å². The number of amides is 1. The molecule has 4 nitrogen and oxygen atoms in total. The van der Waals surface area contributed by atoms with Crippen LogP contribution in [0, 0.1) is 6.92 Å². The highest BCUT2D eigenvalue weighted by Crippen LogP contribution is 2.36. The minimum Gasteiger partial charge on any atom is -0.361 e. The van der Waals surface area contributed by atoms with Crippen LogP contribution in [0.25, 0.3) is 0 Å². The third-order valence-corrected chi connectivity index (χ3v) is 2.77. The van der Waals surface area contributed by atoms with Crippen LogP contribution in [0.15, 0.2) is 28.9 Å². The van der Waals surface area contributed by atoms with E-state index in [1.54, 1.807) is 0 Å². The van der Waals surface area contributed by atoms with E-state index in [0.29, 0.717) is 0 Å². The summed E-state index contributed by atoms with van der Waals surface area (Å²) < 4.78 is 43.3. The average Bonchev–Trinajstić information content (AvgIpc) is 2.76. The number of hydrogen-bond donors (Lipinski definition) is 1. The molecule has 1 amide bonds. The smallest absolute Gasteiger partial charge is 0.361 e. The zero-order chi connectivity index (χ0) is 14.9. The van der Waals surface area contributed by atoms with Crippen molar-refractivity contribution in [3.63, 3.8) is 0 Å². The summed E-state index contributed by atoms with van der Waals surface area (Å²) in [6.45, 7) is 1.48. The van der Waals surface area contributed by atoms with Gasteiger partial charge in [-0.3, -0.25) is 4.79 Å². The molecule has 1 N–H and O–H groups in total. The van der Waals surface area contributed by atoms with Gasteiger partial charge < -0.3 is 9.84 Å². The average molecular weight is 305 g/mol. The van der Waals surface area contributed by atoms with Gasteiger partial charge in [-0.05, 0) is 25.1 Å². The quantitative estimate of drug-likeness (QED) is 0.915. The predicted molar refractivity (Wildman–Crippen MR) is 65.6 cm³/mol. The van der Waals surface area contributed by atoms with Gasteiger partial charge in [-0.15, -0.1) is 0 Å². The SMILES string of the molecule is Cc1oncc1C(=O)Nc1ccc(Cl)cc1C(F)(F)F. The van der Waals surface area contributed by atoms with Gasteiger partial charge in [0.15, 0.2) is 0 Å². The van der Waals surface area contributed by atoms with Crippen molar-refractivity contribution in [2.75, 3.05) is 5.32 Å². The fourth-order valence-electron chi connectivity index (χ4n) is 1.57. The lowest BCUT2D eigenvalue weighted by Gasteiger charge is -2.13. The molecule has 0 aliphatic heterocycles. The van der Waals surface area contributed by atoms with Gasteiger partial charge in [0.25, 0.3) is 5.91 Å². The van der Waals surface area contributed by atoms with Crippen molar-refractivity contribution in [2.45, 2.75) is 13.1 Å². The fourth-order valence-corrected chi connectivity index (χ4v) is 1.74. The van der Waals surface area contributed by atoms with Gasteiger partial charge in [0, 0.05) is 5.02 Å². The van der Waals surface area contributed by atoms with Crippen molar-refractivity contribution in [1.29, 1.82) is 0 Å². The van der Waals surface area contributed by atoms with E-state index in [0.717, 1.165) is 18.3 Å². The Hall–Kier alpha value is -2.02. The molecule has 0 fully saturated rings. The first-order valence-corrected chi connectivity index (χ1v) is 5.76. The Morgan fingerprint density at radius 1 is 1.40 bits per heavy atom. The molecule has 2 aromatic rings. The summed E-state index contributed by atoms with van der Waals surface area (Å²) in [7, 11) is 0. The molecule has 0 aliphatic carbocycles. The molecule has 0 bridgehead atoms. The molecule has 20 heavy (non-hydrogen) atoms. The Morgan fingerprint density at radius 3 is 2.65 bits per heavy atom. The van der Waals surface area contributed by atoms with E-state index in [9.17, 15) is 18.0 Å². The number of nitrogens with zero attached hydrogens (tertiary/aromatic N) is 1. The number of aryl methyl sites for hydroxylation is 1. The highest BCUT2D eigenvalue weighted by atomic mass is 35.5. The van der Waals surface area contributed by atoms with Crippen LogP contribution in [0.5, 0.6) is 0 Å². The van der Waals surface area contributed by atoms with Crippen LogP contribution in [0.2, 0.25) is 5.02 Å². The first-order chi connectivity index (χ1) is 9.29. The van der Waals surface area contributed by atoms with Crippen LogP contribution in [0.4, 0.5) is 18.9 Å². The normalized spacial score (nSPS) is 11.4. The summed E-state index contributed by atoms with van der Waals surface area (Å²) in [4.78, 5) is 11.8. The van der Waals surface area contributed by atoms with Crippen LogP contribution in [-0.4, -0.2) is 11.1 Å². The van der Waals surface area contributed by atoms with Gasteiger partial charge in [0.1, 0.15) is 11.3 Å². The van der Waals surface area contributed by atoms with E-state index in [4.69, 9.17) is 11.6 Å². The van der Waals surface area contributed by atoms with Crippen LogP contribution >= 0.6 is 11.6 Å². The van der Waals surface area contributed by atoms with Gasteiger partial charge in [0.05, 0.1) is 17.4 Å². The molecule has 0 aliphatic rings. The van der Waals surface area contributed by atoms with Crippen molar-refractivity contribution in [2.24, 2.45) is 0 Å². The van der Waals surface area contributed by atoms with Gasteiger partial charge in [0.2, 0.25) is 0 Å². The second kappa shape index (κ2) is 5.16. The minimum absolute atomic E-state index is 0.0630. The Bertz CT molecular complexity index is 652. The second-order valence-electron chi connectivity index (χ2n) is 3.94. The van der Waals surface area contributed by atoms with Gasteiger partial charge in [-0.1, -0.05) is 16.8 Å². The predicted octanol–water partition coefficient (Wildman–Crippen LogP) is 3.91. The van der Waals surface area contributed by atoms with E-state index < -0.39 is 17.6 Å². The lowest BCUT2D eigenvalue weighted by atomic mass is 10.1. The molecule has 1 aromatic carbocycles. The van der Waals surface area contributed by atoms with Crippen molar-refractivity contribution < 1.29 is 22.5 Å². The van der Waals surface area contributed by atoms with Gasteiger partial charge >= 0.3 is 6.18 Å². The van der Waals surface area contributed by atoms with E-state index in [2.05, 4.69) is 15.0 Å². The molecule has 106 valence electrons. The van der Waals surface area contributed by atoms with Crippen molar-refractivity contribution in [3.8, 4) is 0 Å². The Labute approximate surface area is 116 Å². The van der Waals surface area contributed by atoms with E-state index in [-0.39, 0.29) is 22.0 Å². The Balaban J connectivity index is 2.35. The maximum absolute atomic E-state index is 12.9. The fraction of sp³-hybridized carbons (Fsp3) is 0.167. The van der Waals surface area contributed by atoms with Crippen molar-refractivity contribution in [3.05, 3.63) is 46.3 Å².